The fourth-order valence-corrected chi connectivity index (χ4v) is 3.94. The summed E-state index contributed by atoms with van der Waals surface area (Å²) in [4.78, 5) is 0. The number of aliphatic hydroxyl groups excluding tert-OH is 1. The predicted molar refractivity (Wildman–Crippen MR) is 112 cm³/mol. The van der Waals surface area contributed by atoms with Crippen LogP contribution >= 0.6 is 0 Å². The van der Waals surface area contributed by atoms with Gasteiger partial charge in [-0.2, -0.15) is 0 Å². The van der Waals surface area contributed by atoms with Gasteiger partial charge in [-0.3, -0.25) is 0 Å². The standard InChI is InChI=1S/C24H30O7/c1-24(2)30-22-21(28-15-17-9-11-18(26-3)12-10-17)20(29-23(22)31-24)19(13-25)27-14-16-7-5-4-6-8-16/h4-12,19-23,25H,13-15H2,1-3H3/t19-,20-,21+,22?,23-/m1/s1. The van der Waals surface area contributed by atoms with Crippen LogP contribution in [0.1, 0.15) is 25.0 Å². The van der Waals surface area contributed by atoms with Crippen molar-refractivity contribution in [2.45, 2.75) is 63.6 Å². The first-order valence-corrected chi connectivity index (χ1v) is 10.5. The number of aliphatic hydroxyl groups is 1. The molecule has 1 N–H and O–H groups in total. The van der Waals surface area contributed by atoms with Crippen LogP contribution in [0.15, 0.2) is 54.6 Å². The number of fused-ring (bicyclic) bond motifs is 1. The normalized spacial score (nSPS) is 27.7. The Morgan fingerprint density at radius 3 is 2.35 bits per heavy atom. The van der Waals surface area contributed by atoms with E-state index in [2.05, 4.69) is 0 Å². The molecule has 7 heteroatoms. The smallest absolute Gasteiger partial charge is 0.190 e. The second kappa shape index (κ2) is 9.65. The molecule has 31 heavy (non-hydrogen) atoms. The van der Waals surface area contributed by atoms with Crippen LogP contribution in [0.5, 0.6) is 5.75 Å². The highest BCUT2D eigenvalue weighted by Gasteiger charge is 2.57. The van der Waals surface area contributed by atoms with E-state index < -0.39 is 36.5 Å². The van der Waals surface area contributed by atoms with Crippen LogP contribution < -0.4 is 4.74 Å². The number of ether oxygens (including phenoxy) is 6. The Balaban J connectivity index is 1.46. The van der Waals surface area contributed by atoms with Crippen LogP contribution in [0.2, 0.25) is 0 Å². The maximum absolute atomic E-state index is 10.0. The van der Waals surface area contributed by atoms with Gasteiger partial charge < -0.3 is 33.5 Å². The molecule has 7 nitrogen and oxygen atoms in total. The first kappa shape index (κ1) is 22.2. The minimum atomic E-state index is -0.762. The highest BCUT2D eigenvalue weighted by Crippen LogP contribution is 2.40. The monoisotopic (exact) mass is 430 g/mol. The zero-order valence-electron chi connectivity index (χ0n) is 18.1. The van der Waals surface area contributed by atoms with Crippen molar-refractivity contribution in [2.24, 2.45) is 0 Å². The van der Waals surface area contributed by atoms with E-state index in [-0.39, 0.29) is 6.61 Å². The van der Waals surface area contributed by atoms with E-state index >= 15 is 0 Å². The molecular formula is C24H30O7. The lowest BCUT2D eigenvalue weighted by molar-refractivity contribution is -0.237. The van der Waals surface area contributed by atoms with E-state index in [9.17, 15) is 5.11 Å². The molecule has 4 rings (SSSR count). The van der Waals surface area contributed by atoms with Crippen molar-refractivity contribution < 1.29 is 33.5 Å². The summed E-state index contributed by atoms with van der Waals surface area (Å²) in [5.41, 5.74) is 2.01. The van der Waals surface area contributed by atoms with Crippen molar-refractivity contribution in [3.63, 3.8) is 0 Å². The molecular weight excluding hydrogens is 400 g/mol. The van der Waals surface area contributed by atoms with Gasteiger partial charge in [-0.05, 0) is 37.1 Å². The molecule has 2 aliphatic heterocycles. The van der Waals surface area contributed by atoms with Crippen molar-refractivity contribution in [1.29, 1.82) is 0 Å². The van der Waals surface area contributed by atoms with E-state index in [4.69, 9.17) is 28.4 Å². The summed E-state index contributed by atoms with van der Waals surface area (Å²) in [6.45, 7) is 4.21. The summed E-state index contributed by atoms with van der Waals surface area (Å²) in [5.74, 6) is 0.0246. The highest BCUT2D eigenvalue weighted by molar-refractivity contribution is 5.26. The molecule has 168 valence electrons. The number of rotatable bonds is 9. The van der Waals surface area contributed by atoms with E-state index in [1.807, 2.05) is 68.4 Å². The molecule has 0 spiro atoms. The molecule has 1 unspecified atom stereocenters. The number of methoxy groups -OCH3 is 1. The quantitative estimate of drug-likeness (QED) is 0.655. The Kier molecular flexibility index (Phi) is 6.91. The first-order chi connectivity index (χ1) is 15.0. The molecule has 0 radical (unpaired) electrons. The van der Waals surface area contributed by atoms with Gasteiger partial charge in [-0.15, -0.1) is 0 Å². The highest BCUT2D eigenvalue weighted by atomic mass is 16.8. The predicted octanol–water partition coefficient (Wildman–Crippen LogP) is 3.03. The van der Waals surface area contributed by atoms with Gasteiger partial charge in [-0.25, -0.2) is 0 Å². The molecule has 0 bridgehead atoms. The Morgan fingerprint density at radius 2 is 1.68 bits per heavy atom. The average Bonchev–Trinajstić information content (AvgIpc) is 3.25. The summed E-state index contributed by atoms with van der Waals surface area (Å²) < 4.78 is 35.6. The van der Waals surface area contributed by atoms with Gasteiger partial charge in [0.05, 0.1) is 26.9 Å². The van der Waals surface area contributed by atoms with Gasteiger partial charge in [-0.1, -0.05) is 42.5 Å². The van der Waals surface area contributed by atoms with E-state index in [0.29, 0.717) is 13.2 Å². The lowest BCUT2D eigenvalue weighted by atomic mass is 10.1. The van der Waals surface area contributed by atoms with Crippen molar-refractivity contribution in [3.05, 3.63) is 65.7 Å². The van der Waals surface area contributed by atoms with Gasteiger partial charge in [0.2, 0.25) is 0 Å². The summed E-state index contributed by atoms with van der Waals surface area (Å²) in [7, 11) is 1.63. The summed E-state index contributed by atoms with van der Waals surface area (Å²) in [5, 5.41) is 10.0. The second-order valence-corrected chi connectivity index (χ2v) is 8.21. The number of hydrogen-bond acceptors (Lipinski definition) is 7. The largest absolute Gasteiger partial charge is 0.497 e. The third-order valence-electron chi connectivity index (χ3n) is 5.48. The lowest BCUT2D eigenvalue weighted by Crippen LogP contribution is -2.45. The van der Waals surface area contributed by atoms with Crippen LogP contribution in [0.4, 0.5) is 0 Å². The summed E-state index contributed by atoms with van der Waals surface area (Å²) >= 11 is 0. The number of hydrogen-bond donors (Lipinski definition) is 1. The lowest BCUT2D eigenvalue weighted by Gasteiger charge is -2.30. The maximum atomic E-state index is 10.0. The Bertz CT molecular complexity index is 824. The second-order valence-electron chi connectivity index (χ2n) is 8.21. The Morgan fingerprint density at radius 1 is 0.968 bits per heavy atom. The molecule has 2 aromatic carbocycles. The maximum Gasteiger partial charge on any atom is 0.190 e. The third kappa shape index (κ3) is 5.26. The van der Waals surface area contributed by atoms with Crippen molar-refractivity contribution in [2.75, 3.05) is 13.7 Å². The van der Waals surface area contributed by atoms with Crippen LogP contribution in [0.25, 0.3) is 0 Å². The molecule has 2 saturated heterocycles. The molecule has 5 atom stereocenters. The molecule has 0 aromatic heterocycles. The van der Waals surface area contributed by atoms with E-state index in [1.165, 1.54) is 0 Å². The van der Waals surface area contributed by atoms with E-state index in [0.717, 1.165) is 16.9 Å². The fourth-order valence-electron chi connectivity index (χ4n) is 3.94. The molecule has 2 heterocycles. The minimum Gasteiger partial charge on any atom is -0.497 e. The van der Waals surface area contributed by atoms with Gasteiger partial charge in [0.15, 0.2) is 12.1 Å². The first-order valence-electron chi connectivity index (χ1n) is 10.5. The topological polar surface area (TPSA) is 75.6 Å². The minimum absolute atomic E-state index is 0.206. The van der Waals surface area contributed by atoms with Gasteiger partial charge >= 0.3 is 0 Å². The van der Waals surface area contributed by atoms with Crippen LogP contribution in [0.3, 0.4) is 0 Å². The summed E-state index contributed by atoms with van der Waals surface area (Å²) in [6.07, 6.45) is -2.55. The average molecular weight is 430 g/mol. The third-order valence-corrected chi connectivity index (χ3v) is 5.48. The van der Waals surface area contributed by atoms with Gasteiger partial charge in [0.25, 0.3) is 0 Å². The summed E-state index contributed by atoms with van der Waals surface area (Å²) in [6, 6.07) is 17.5. The zero-order chi connectivity index (χ0) is 21.8. The van der Waals surface area contributed by atoms with E-state index in [1.54, 1.807) is 7.11 Å². The van der Waals surface area contributed by atoms with Crippen molar-refractivity contribution in [3.8, 4) is 5.75 Å². The molecule has 0 aliphatic carbocycles. The molecule has 2 fully saturated rings. The Hall–Kier alpha value is -2.00. The zero-order valence-corrected chi connectivity index (χ0v) is 18.1. The van der Waals surface area contributed by atoms with Crippen LogP contribution in [0, 0.1) is 0 Å². The molecule has 2 aliphatic rings. The van der Waals surface area contributed by atoms with Crippen LogP contribution in [-0.4, -0.2) is 55.3 Å². The van der Waals surface area contributed by atoms with Gasteiger partial charge in [0.1, 0.15) is 30.2 Å². The van der Waals surface area contributed by atoms with Crippen LogP contribution in [-0.2, 0) is 36.9 Å². The molecule has 0 saturated carbocycles. The van der Waals surface area contributed by atoms with Crippen molar-refractivity contribution in [1.82, 2.24) is 0 Å². The molecule has 2 aromatic rings. The number of benzene rings is 2. The Labute approximate surface area is 182 Å². The SMILES string of the molecule is COc1ccc(CO[C@@H]2C3OC(C)(C)O[C@H]3O[C@@H]2[C@@H](CO)OCc2ccccc2)cc1. The fraction of sp³-hybridized carbons (Fsp3) is 0.500. The van der Waals surface area contributed by atoms with Gasteiger partial charge in [0, 0.05) is 0 Å². The van der Waals surface area contributed by atoms with Crippen molar-refractivity contribution >= 4 is 0 Å². The molecule has 0 amide bonds.